The molecule has 1 aliphatic rings. The Morgan fingerprint density at radius 2 is 2.20 bits per heavy atom. The molecule has 1 aromatic heterocycles. The molecule has 3 heteroatoms. The second kappa shape index (κ2) is 3.93. The number of pyridine rings is 1. The van der Waals surface area contributed by atoms with Gasteiger partial charge in [-0.25, -0.2) is 4.98 Å². The lowest BCUT2D eigenvalue weighted by Gasteiger charge is -2.27. The number of nitrogens with zero attached hydrogens (tertiary/aromatic N) is 2. The van der Waals surface area contributed by atoms with E-state index in [0.717, 1.165) is 36.6 Å². The Hall–Kier alpha value is -1.51. The summed E-state index contributed by atoms with van der Waals surface area (Å²) in [6, 6.07) is 1.98. The van der Waals surface area contributed by atoms with E-state index in [4.69, 9.17) is 5.73 Å². The van der Waals surface area contributed by atoms with Gasteiger partial charge in [0.1, 0.15) is 0 Å². The fourth-order valence-electron chi connectivity index (χ4n) is 1.81. The van der Waals surface area contributed by atoms with E-state index >= 15 is 0 Å². The number of aromatic nitrogens is 1. The molecule has 0 aromatic carbocycles. The molecule has 0 spiro atoms. The Bertz CT molecular complexity index is 396. The van der Waals surface area contributed by atoms with Gasteiger partial charge in [0.2, 0.25) is 0 Å². The number of nitrogen functional groups attached to an aromatic ring is 1. The van der Waals surface area contributed by atoms with Gasteiger partial charge in [-0.2, -0.15) is 0 Å². The van der Waals surface area contributed by atoms with E-state index in [1.54, 1.807) is 0 Å². The van der Waals surface area contributed by atoms with Gasteiger partial charge in [-0.05, 0) is 31.9 Å². The van der Waals surface area contributed by atoms with E-state index in [0.29, 0.717) is 0 Å². The van der Waals surface area contributed by atoms with Crippen LogP contribution >= 0.6 is 0 Å². The molecule has 0 atom stereocenters. The lowest BCUT2D eigenvalue weighted by Crippen LogP contribution is -2.29. The molecule has 0 unspecified atom stereocenters. The Labute approximate surface area is 90.6 Å². The second-order valence-corrected chi connectivity index (χ2v) is 4.17. The van der Waals surface area contributed by atoms with Crippen LogP contribution in [-0.2, 0) is 0 Å². The topological polar surface area (TPSA) is 42.2 Å². The monoisotopic (exact) mass is 203 g/mol. The van der Waals surface area contributed by atoms with E-state index in [-0.39, 0.29) is 0 Å². The summed E-state index contributed by atoms with van der Waals surface area (Å²) in [5.41, 5.74) is 9.31. The summed E-state index contributed by atoms with van der Waals surface area (Å²) in [5, 5.41) is 0. The third-order valence-corrected chi connectivity index (χ3v) is 2.77. The average Bonchev–Trinajstić information content (AvgIpc) is 2.20. The molecule has 3 nitrogen and oxygen atoms in total. The molecular weight excluding hydrogens is 186 g/mol. The number of nitrogens with two attached hydrogens (primary N) is 1. The summed E-state index contributed by atoms with van der Waals surface area (Å²) in [4.78, 5) is 6.62. The van der Waals surface area contributed by atoms with Crippen LogP contribution in [0.25, 0.3) is 0 Å². The molecule has 0 aliphatic carbocycles. The molecule has 0 saturated heterocycles. The van der Waals surface area contributed by atoms with Gasteiger partial charge in [0.15, 0.2) is 5.82 Å². The first kappa shape index (κ1) is 10.0. The van der Waals surface area contributed by atoms with Gasteiger partial charge in [0.25, 0.3) is 0 Å². The van der Waals surface area contributed by atoms with Crippen LogP contribution in [0.3, 0.4) is 0 Å². The van der Waals surface area contributed by atoms with Crippen LogP contribution in [0.15, 0.2) is 23.9 Å². The fraction of sp³-hybridized carbons (Fsp3) is 0.417. The van der Waals surface area contributed by atoms with Gasteiger partial charge >= 0.3 is 0 Å². The molecule has 0 fully saturated rings. The summed E-state index contributed by atoms with van der Waals surface area (Å²) in [7, 11) is 0. The van der Waals surface area contributed by atoms with Gasteiger partial charge < -0.3 is 10.6 Å². The largest absolute Gasteiger partial charge is 0.396 e. The van der Waals surface area contributed by atoms with E-state index in [9.17, 15) is 0 Å². The van der Waals surface area contributed by atoms with Gasteiger partial charge in [0, 0.05) is 19.3 Å². The molecule has 1 aliphatic heterocycles. The van der Waals surface area contributed by atoms with Gasteiger partial charge in [-0.15, -0.1) is 0 Å². The first-order valence-corrected chi connectivity index (χ1v) is 5.29. The van der Waals surface area contributed by atoms with Gasteiger partial charge in [-0.3, -0.25) is 0 Å². The zero-order valence-electron chi connectivity index (χ0n) is 9.33. The standard InChI is InChI=1S/C12H17N3/c1-9-3-5-15(6-4-9)12-11(13)7-10(2)8-14-12/h3,7-8H,4-6,13H2,1-2H3. The van der Waals surface area contributed by atoms with Crippen LogP contribution in [0.1, 0.15) is 18.9 Å². The Kier molecular flexibility index (Phi) is 2.62. The normalized spacial score (nSPS) is 16.4. The minimum atomic E-state index is 0.781. The zero-order valence-corrected chi connectivity index (χ0v) is 9.33. The maximum absolute atomic E-state index is 5.96. The SMILES string of the molecule is CC1=CCN(c2ncc(C)cc2N)CC1. The molecule has 2 heterocycles. The molecule has 2 rings (SSSR count). The highest BCUT2D eigenvalue weighted by molar-refractivity contribution is 5.63. The highest BCUT2D eigenvalue weighted by Crippen LogP contribution is 2.23. The third-order valence-electron chi connectivity index (χ3n) is 2.77. The van der Waals surface area contributed by atoms with Gasteiger partial charge in [-0.1, -0.05) is 11.6 Å². The lowest BCUT2D eigenvalue weighted by molar-refractivity contribution is 0.776. The smallest absolute Gasteiger partial charge is 0.152 e. The highest BCUT2D eigenvalue weighted by atomic mass is 15.2. The summed E-state index contributed by atoms with van der Waals surface area (Å²) >= 11 is 0. The van der Waals surface area contributed by atoms with Crippen molar-refractivity contribution in [1.29, 1.82) is 0 Å². The van der Waals surface area contributed by atoms with Crippen LogP contribution in [0, 0.1) is 6.92 Å². The van der Waals surface area contributed by atoms with Crippen LogP contribution < -0.4 is 10.6 Å². The van der Waals surface area contributed by atoms with E-state index in [1.165, 1.54) is 5.57 Å². The molecule has 0 bridgehead atoms. The van der Waals surface area contributed by atoms with Crippen molar-refractivity contribution in [2.45, 2.75) is 20.3 Å². The zero-order chi connectivity index (χ0) is 10.8. The molecule has 0 radical (unpaired) electrons. The Balaban J connectivity index is 2.23. The fourth-order valence-corrected chi connectivity index (χ4v) is 1.81. The number of hydrogen-bond acceptors (Lipinski definition) is 3. The van der Waals surface area contributed by atoms with Gasteiger partial charge in [0.05, 0.1) is 5.69 Å². The van der Waals surface area contributed by atoms with Crippen molar-refractivity contribution in [3.05, 3.63) is 29.5 Å². The number of aryl methyl sites for hydroxylation is 1. The number of hydrogen-bond donors (Lipinski definition) is 1. The lowest BCUT2D eigenvalue weighted by atomic mass is 10.1. The Morgan fingerprint density at radius 1 is 1.40 bits per heavy atom. The predicted octanol–water partition coefficient (Wildman–Crippen LogP) is 2.13. The summed E-state index contributed by atoms with van der Waals surface area (Å²) < 4.78 is 0. The first-order valence-electron chi connectivity index (χ1n) is 5.29. The minimum absolute atomic E-state index is 0.781. The van der Waals surface area contributed by atoms with Crippen LogP contribution in [0.5, 0.6) is 0 Å². The van der Waals surface area contributed by atoms with Crippen LogP contribution in [0.4, 0.5) is 11.5 Å². The van der Waals surface area contributed by atoms with Crippen molar-refractivity contribution in [1.82, 2.24) is 4.98 Å². The number of rotatable bonds is 1. The minimum Gasteiger partial charge on any atom is -0.396 e. The van der Waals surface area contributed by atoms with Crippen molar-refractivity contribution in [3.8, 4) is 0 Å². The third kappa shape index (κ3) is 2.12. The summed E-state index contributed by atoms with van der Waals surface area (Å²) in [6.07, 6.45) is 5.22. The van der Waals surface area contributed by atoms with Crippen molar-refractivity contribution in [3.63, 3.8) is 0 Å². The molecular formula is C12H17N3. The summed E-state index contributed by atoms with van der Waals surface area (Å²) in [6.45, 7) is 6.12. The summed E-state index contributed by atoms with van der Waals surface area (Å²) in [5.74, 6) is 0.921. The highest BCUT2D eigenvalue weighted by Gasteiger charge is 2.13. The maximum Gasteiger partial charge on any atom is 0.152 e. The Morgan fingerprint density at radius 3 is 2.80 bits per heavy atom. The quantitative estimate of drug-likeness (QED) is 0.711. The van der Waals surface area contributed by atoms with Crippen molar-refractivity contribution in [2.75, 3.05) is 23.7 Å². The number of anilines is 2. The predicted molar refractivity (Wildman–Crippen MR) is 64.0 cm³/mol. The molecule has 1 aromatic rings. The molecule has 2 N–H and O–H groups in total. The molecule has 15 heavy (non-hydrogen) atoms. The molecule has 0 saturated carbocycles. The van der Waals surface area contributed by atoms with Crippen molar-refractivity contribution in [2.24, 2.45) is 0 Å². The first-order chi connectivity index (χ1) is 7.16. The average molecular weight is 203 g/mol. The second-order valence-electron chi connectivity index (χ2n) is 4.17. The van der Waals surface area contributed by atoms with Crippen molar-refractivity contribution < 1.29 is 0 Å². The molecule has 80 valence electrons. The van der Waals surface area contributed by atoms with Crippen molar-refractivity contribution >= 4 is 11.5 Å². The van der Waals surface area contributed by atoms with E-state index in [1.807, 2.05) is 19.2 Å². The van der Waals surface area contributed by atoms with E-state index < -0.39 is 0 Å². The van der Waals surface area contributed by atoms with Crippen LogP contribution in [0.2, 0.25) is 0 Å². The molecule has 0 amide bonds. The maximum atomic E-state index is 5.96. The van der Waals surface area contributed by atoms with E-state index in [2.05, 4.69) is 22.9 Å². The van der Waals surface area contributed by atoms with Crippen LogP contribution in [-0.4, -0.2) is 18.1 Å².